The fourth-order valence-corrected chi connectivity index (χ4v) is 6.84. The minimum atomic E-state index is 0.0244. The summed E-state index contributed by atoms with van der Waals surface area (Å²) in [6, 6.07) is 24.1. The number of phenolic OH excluding ortho intramolecular Hbond substituents is 1. The van der Waals surface area contributed by atoms with E-state index in [1.54, 1.807) is 0 Å². The molecule has 0 unspecified atom stereocenters. The third-order valence-corrected chi connectivity index (χ3v) is 9.03. The van der Waals surface area contributed by atoms with Crippen LogP contribution in [0.3, 0.4) is 0 Å². The summed E-state index contributed by atoms with van der Waals surface area (Å²) in [6.45, 7) is 6.63. The van der Waals surface area contributed by atoms with Gasteiger partial charge in [0.2, 0.25) is 0 Å². The molecular weight excluding hydrogens is 488 g/mol. The van der Waals surface area contributed by atoms with Crippen LogP contribution >= 0.6 is 0 Å². The van der Waals surface area contributed by atoms with Gasteiger partial charge in [-0.15, -0.1) is 0 Å². The lowest BCUT2D eigenvalue weighted by molar-refractivity contribution is 0.0667. The molecule has 0 spiro atoms. The lowest BCUT2D eigenvalue weighted by atomic mass is 9.88. The standard InChI is InChI=1S/C37H54N2O/c1-3-4-5-6-7-8-9-10-11-12-13-14-18-24-33-29-38-28-30(2)39(33)37(32-22-16-15-17-23-32)36-34-25-20-19-21-31(34)26-27-35(36)40/h15-17,19-23,25-27,30,33,37-38,40H,3-14,18,24,28-29H2,1-2H3/t30-,33+,37-/m0/s1. The van der Waals surface area contributed by atoms with Gasteiger partial charge in [0.25, 0.3) is 0 Å². The maximum atomic E-state index is 11.3. The predicted molar refractivity (Wildman–Crippen MR) is 172 cm³/mol. The number of piperazine rings is 1. The van der Waals surface area contributed by atoms with E-state index in [0.717, 1.165) is 24.0 Å². The van der Waals surface area contributed by atoms with Crippen LogP contribution in [0.25, 0.3) is 10.8 Å². The fraction of sp³-hybridized carbons (Fsp3) is 0.568. The van der Waals surface area contributed by atoms with Crippen molar-refractivity contribution in [1.82, 2.24) is 10.2 Å². The lowest BCUT2D eigenvalue weighted by Gasteiger charge is -2.46. The highest BCUT2D eigenvalue weighted by molar-refractivity contribution is 5.88. The highest BCUT2D eigenvalue weighted by Gasteiger charge is 2.36. The molecule has 3 nitrogen and oxygen atoms in total. The lowest BCUT2D eigenvalue weighted by Crippen LogP contribution is -2.57. The van der Waals surface area contributed by atoms with Crippen LogP contribution in [-0.4, -0.2) is 35.2 Å². The quantitative estimate of drug-likeness (QED) is 0.167. The first-order valence-electron chi connectivity index (χ1n) is 16.4. The number of aromatic hydroxyl groups is 1. The van der Waals surface area contributed by atoms with Crippen molar-refractivity contribution in [1.29, 1.82) is 0 Å². The van der Waals surface area contributed by atoms with E-state index in [0.29, 0.717) is 17.8 Å². The van der Waals surface area contributed by atoms with E-state index in [2.05, 4.69) is 78.7 Å². The van der Waals surface area contributed by atoms with Crippen LogP contribution < -0.4 is 5.32 Å². The van der Waals surface area contributed by atoms with E-state index < -0.39 is 0 Å². The number of rotatable bonds is 17. The molecule has 3 atom stereocenters. The summed E-state index contributed by atoms with van der Waals surface area (Å²) in [5, 5.41) is 17.4. The van der Waals surface area contributed by atoms with E-state index in [-0.39, 0.29) is 6.04 Å². The summed E-state index contributed by atoms with van der Waals surface area (Å²) in [7, 11) is 0. The van der Waals surface area contributed by atoms with Crippen LogP contribution in [0.4, 0.5) is 0 Å². The number of hydrogen-bond acceptors (Lipinski definition) is 3. The van der Waals surface area contributed by atoms with Crippen molar-refractivity contribution >= 4 is 10.8 Å². The fourth-order valence-electron chi connectivity index (χ4n) is 6.84. The van der Waals surface area contributed by atoms with Crippen molar-refractivity contribution in [2.24, 2.45) is 0 Å². The molecule has 218 valence electrons. The third-order valence-electron chi connectivity index (χ3n) is 9.03. The van der Waals surface area contributed by atoms with Crippen LogP contribution in [-0.2, 0) is 0 Å². The molecule has 0 aromatic heterocycles. The summed E-state index contributed by atoms with van der Waals surface area (Å²) in [6.07, 6.45) is 19.3. The molecule has 4 rings (SSSR count). The number of unbranched alkanes of at least 4 members (excludes halogenated alkanes) is 12. The Balaban J connectivity index is 1.36. The molecule has 0 saturated carbocycles. The number of phenols is 1. The van der Waals surface area contributed by atoms with Gasteiger partial charge in [-0.25, -0.2) is 0 Å². The monoisotopic (exact) mass is 542 g/mol. The molecule has 3 heteroatoms. The zero-order valence-corrected chi connectivity index (χ0v) is 25.3. The number of benzene rings is 3. The van der Waals surface area contributed by atoms with Gasteiger partial charge in [-0.05, 0) is 35.7 Å². The largest absolute Gasteiger partial charge is 0.508 e. The van der Waals surface area contributed by atoms with Crippen LogP contribution in [0.1, 0.15) is 121 Å². The summed E-state index contributed by atoms with van der Waals surface area (Å²) in [5.74, 6) is 0.401. The Morgan fingerprint density at radius 2 is 1.32 bits per heavy atom. The van der Waals surface area contributed by atoms with Crippen molar-refractivity contribution in [2.75, 3.05) is 13.1 Å². The van der Waals surface area contributed by atoms with E-state index >= 15 is 0 Å². The average molecular weight is 543 g/mol. The Kier molecular flexibility index (Phi) is 12.8. The van der Waals surface area contributed by atoms with Gasteiger partial charge in [-0.2, -0.15) is 0 Å². The number of fused-ring (bicyclic) bond motifs is 1. The normalized spacial score (nSPS) is 18.8. The summed E-state index contributed by atoms with van der Waals surface area (Å²) in [5.41, 5.74) is 2.31. The molecule has 1 heterocycles. The second-order valence-electron chi connectivity index (χ2n) is 12.2. The van der Waals surface area contributed by atoms with Crippen LogP contribution in [0.15, 0.2) is 66.7 Å². The molecule has 1 aliphatic rings. The maximum Gasteiger partial charge on any atom is 0.121 e. The minimum Gasteiger partial charge on any atom is -0.508 e. The molecule has 0 radical (unpaired) electrons. The molecule has 0 amide bonds. The van der Waals surface area contributed by atoms with E-state index in [4.69, 9.17) is 0 Å². The van der Waals surface area contributed by atoms with Crippen LogP contribution in [0.5, 0.6) is 5.75 Å². The summed E-state index contributed by atoms with van der Waals surface area (Å²) in [4.78, 5) is 2.72. The molecule has 0 bridgehead atoms. The Morgan fingerprint density at radius 3 is 2.00 bits per heavy atom. The second kappa shape index (κ2) is 16.8. The molecule has 3 aromatic rings. The minimum absolute atomic E-state index is 0.0244. The molecule has 0 aliphatic carbocycles. The van der Waals surface area contributed by atoms with E-state index in [9.17, 15) is 5.11 Å². The van der Waals surface area contributed by atoms with Gasteiger partial charge in [0.15, 0.2) is 0 Å². The van der Waals surface area contributed by atoms with E-state index in [1.807, 2.05) is 12.1 Å². The van der Waals surface area contributed by atoms with Gasteiger partial charge >= 0.3 is 0 Å². The van der Waals surface area contributed by atoms with Gasteiger partial charge in [0.1, 0.15) is 5.75 Å². The van der Waals surface area contributed by atoms with Crippen LogP contribution in [0.2, 0.25) is 0 Å². The molecule has 2 N–H and O–H groups in total. The Bertz CT molecular complexity index is 1110. The van der Waals surface area contributed by atoms with Crippen LogP contribution in [0, 0.1) is 0 Å². The first-order chi connectivity index (χ1) is 19.7. The highest BCUT2D eigenvalue weighted by atomic mass is 16.3. The average Bonchev–Trinajstić information content (AvgIpc) is 2.98. The molecule has 1 aliphatic heterocycles. The van der Waals surface area contributed by atoms with Crippen molar-refractivity contribution in [3.05, 3.63) is 77.9 Å². The first-order valence-corrected chi connectivity index (χ1v) is 16.4. The number of nitrogens with one attached hydrogen (secondary N) is 1. The predicted octanol–water partition coefficient (Wildman–Crippen LogP) is 9.78. The van der Waals surface area contributed by atoms with Gasteiger partial charge in [0.05, 0.1) is 6.04 Å². The van der Waals surface area contributed by atoms with Gasteiger partial charge in [0, 0.05) is 30.7 Å². The van der Waals surface area contributed by atoms with Gasteiger partial charge in [-0.3, -0.25) is 4.90 Å². The molecular formula is C37H54N2O. The van der Waals surface area contributed by atoms with E-state index in [1.165, 1.54) is 101 Å². The second-order valence-corrected chi connectivity index (χ2v) is 12.2. The zero-order chi connectivity index (χ0) is 28.0. The maximum absolute atomic E-state index is 11.3. The molecule has 1 fully saturated rings. The number of nitrogens with zero attached hydrogens (tertiary/aromatic N) is 1. The Morgan fingerprint density at radius 1 is 0.725 bits per heavy atom. The van der Waals surface area contributed by atoms with Gasteiger partial charge < -0.3 is 10.4 Å². The zero-order valence-electron chi connectivity index (χ0n) is 25.3. The number of hydrogen-bond donors (Lipinski definition) is 2. The van der Waals surface area contributed by atoms with Crippen molar-refractivity contribution in [2.45, 2.75) is 122 Å². The van der Waals surface area contributed by atoms with Gasteiger partial charge in [-0.1, -0.05) is 151 Å². The SMILES string of the molecule is CCCCCCCCCCCCCCC[C@@H]1CNC[C@H](C)N1[C@@H](c1ccccc1)c1c(O)ccc2ccccc12. The topological polar surface area (TPSA) is 35.5 Å². The van der Waals surface area contributed by atoms with Crippen molar-refractivity contribution < 1.29 is 5.11 Å². The smallest absolute Gasteiger partial charge is 0.121 e. The summed E-state index contributed by atoms with van der Waals surface area (Å²) >= 11 is 0. The Hall–Kier alpha value is -2.36. The van der Waals surface area contributed by atoms with Crippen molar-refractivity contribution in [3.8, 4) is 5.75 Å². The molecule has 40 heavy (non-hydrogen) atoms. The Labute approximate surface area is 244 Å². The van der Waals surface area contributed by atoms with Crippen molar-refractivity contribution in [3.63, 3.8) is 0 Å². The molecule has 1 saturated heterocycles. The molecule has 3 aromatic carbocycles. The summed E-state index contributed by atoms with van der Waals surface area (Å²) < 4.78 is 0. The third kappa shape index (κ3) is 8.57. The highest BCUT2D eigenvalue weighted by Crippen LogP contribution is 2.42. The first kappa shape index (κ1) is 30.6.